The molecular formula is C12H11FN4OS. The summed E-state index contributed by atoms with van der Waals surface area (Å²) in [4.78, 5) is 2.68. The lowest BCUT2D eigenvalue weighted by atomic mass is 10.2. The van der Waals surface area contributed by atoms with Gasteiger partial charge in [0.25, 0.3) is 0 Å². The van der Waals surface area contributed by atoms with Crippen molar-refractivity contribution in [3.8, 4) is 5.88 Å². The number of nitrogens with one attached hydrogen (secondary N) is 2. The SMILES string of the molecule is C=CCNC(=S)N=Nc1c(O)[nH]c2ccc(F)cc12. The quantitative estimate of drug-likeness (QED) is 0.459. The highest BCUT2D eigenvalue weighted by Crippen LogP contribution is 2.35. The van der Waals surface area contributed by atoms with E-state index in [2.05, 4.69) is 27.1 Å². The summed E-state index contributed by atoms with van der Waals surface area (Å²) in [5.74, 6) is -0.605. The monoisotopic (exact) mass is 278 g/mol. The normalized spacial score (nSPS) is 11.0. The van der Waals surface area contributed by atoms with Crippen LogP contribution in [0.3, 0.4) is 0 Å². The number of aromatic nitrogens is 1. The van der Waals surface area contributed by atoms with Crippen molar-refractivity contribution in [3.63, 3.8) is 0 Å². The van der Waals surface area contributed by atoms with Gasteiger partial charge in [-0.15, -0.1) is 16.8 Å². The minimum Gasteiger partial charge on any atom is -0.493 e. The molecule has 0 aliphatic rings. The second-order valence-electron chi connectivity index (χ2n) is 3.69. The highest BCUT2D eigenvalue weighted by molar-refractivity contribution is 7.80. The van der Waals surface area contributed by atoms with E-state index in [1.54, 1.807) is 6.08 Å². The van der Waals surface area contributed by atoms with E-state index >= 15 is 0 Å². The number of nitrogens with zero attached hydrogens (tertiary/aromatic N) is 2. The average molecular weight is 278 g/mol. The molecule has 3 N–H and O–H groups in total. The van der Waals surface area contributed by atoms with Crippen molar-refractivity contribution in [2.75, 3.05) is 6.54 Å². The van der Waals surface area contributed by atoms with Crippen LogP contribution in [0, 0.1) is 5.82 Å². The zero-order valence-corrected chi connectivity index (χ0v) is 10.7. The largest absolute Gasteiger partial charge is 0.493 e. The Morgan fingerprint density at radius 2 is 2.37 bits per heavy atom. The van der Waals surface area contributed by atoms with Crippen LogP contribution in [0.2, 0.25) is 0 Å². The minimum atomic E-state index is -0.421. The van der Waals surface area contributed by atoms with Crippen LogP contribution in [0.15, 0.2) is 41.1 Å². The summed E-state index contributed by atoms with van der Waals surface area (Å²) in [5, 5.41) is 20.6. The van der Waals surface area contributed by atoms with Gasteiger partial charge < -0.3 is 15.4 Å². The van der Waals surface area contributed by atoms with E-state index in [1.165, 1.54) is 18.2 Å². The molecule has 0 atom stereocenters. The topological polar surface area (TPSA) is 72.8 Å². The fraction of sp³-hybridized carbons (Fsp3) is 0.0833. The lowest BCUT2D eigenvalue weighted by Crippen LogP contribution is -2.18. The van der Waals surface area contributed by atoms with Crippen molar-refractivity contribution in [2.24, 2.45) is 10.2 Å². The predicted molar refractivity (Wildman–Crippen MR) is 75.2 cm³/mol. The van der Waals surface area contributed by atoms with Crippen molar-refractivity contribution >= 4 is 33.9 Å². The number of halogens is 1. The van der Waals surface area contributed by atoms with Gasteiger partial charge in [-0.05, 0) is 30.4 Å². The standard InChI is InChI=1S/C12H11FN4OS/c1-2-5-14-12(19)17-16-10-8-6-7(13)3-4-9(8)15-11(10)18/h2-4,6,15,18H,1,5H2,(H,14,19). The molecule has 0 saturated carbocycles. The number of benzene rings is 1. The molecule has 0 aliphatic carbocycles. The summed E-state index contributed by atoms with van der Waals surface area (Å²) >= 11 is 4.90. The molecule has 2 rings (SSSR count). The van der Waals surface area contributed by atoms with Crippen LogP contribution in [-0.2, 0) is 0 Å². The van der Waals surface area contributed by atoms with Gasteiger partial charge in [0.2, 0.25) is 11.0 Å². The maximum absolute atomic E-state index is 13.2. The Morgan fingerprint density at radius 3 is 3.11 bits per heavy atom. The number of H-pyrrole nitrogens is 1. The first-order chi connectivity index (χ1) is 9.11. The van der Waals surface area contributed by atoms with Gasteiger partial charge in [0.05, 0.1) is 5.52 Å². The van der Waals surface area contributed by atoms with E-state index in [0.717, 1.165) is 0 Å². The third-order valence-corrected chi connectivity index (χ3v) is 2.58. The highest BCUT2D eigenvalue weighted by atomic mass is 32.1. The van der Waals surface area contributed by atoms with Gasteiger partial charge in [0.1, 0.15) is 5.82 Å². The molecule has 0 unspecified atom stereocenters. The van der Waals surface area contributed by atoms with Crippen LogP contribution in [0.1, 0.15) is 0 Å². The Labute approximate surface area is 113 Å². The summed E-state index contributed by atoms with van der Waals surface area (Å²) in [7, 11) is 0. The average Bonchev–Trinajstić information content (AvgIpc) is 2.69. The van der Waals surface area contributed by atoms with Crippen LogP contribution in [0.25, 0.3) is 10.9 Å². The van der Waals surface area contributed by atoms with Crippen LogP contribution in [0.4, 0.5) is 10.1 Å². The van der Waals surface area contributed by atoms with E-state index in [9.17, 15) is 9.50 Å². The zero-order valence-electron chi connectivity index (χ0n) is 9.85. The molecule has 0 aliphatic heterocycles. The number of thiocarbonyl (C=S) groups is 1. The summed E-state index contributed by atoms with van der Waals surface area (Å²) in [6.07, 6.45) is 1.63. The minimum absolute atomic E-state index is 0.150. The summed E-state index contributed by atoms with van der Waals surface area (Å²) in [6, 6.07) is 4.06. The molecule has 1 aromatic carbocycles. The smallest absolute Gasteiger partial charge is 0.218 e. The Hall–Kier alpha value is -2.28. The Bertz CT molecular complexity index is 665. The molecule has 1 aromatic heterocycles. The number of azo groups is 1. The van der Waals surface area contributed by atoms with E-state index in [1.807, 2.05) is 0 Å². The van der Waals surface area contributed by atoms with Gasteiger partial charge in [-0.3, -0.25) is 0 Å². The summed E-state index contributed by atoms with van der Waals surface area (Å²) in [6.45, 7) is 3.99. The number of fused-ring (bicyclic) bond motifs is 1. The Kier molecular flexibility index (Phi) is 3.86. The lowest BCUT2D eigenvalue weighted by molar-refractivity contribution is 0.459. The van der Waals surface area contributed by atoms with Crippen molar-refractivity contribution in [3.05, 3.63) is 36.7 Å². The van der Waals surface area contributed by atoms with Crippen molar-refractivity contribution in [1.29, 1.82) is 0 Å². The van der Waals surface area contributed by atoms with Crippen LogP contribution in [0.5, 0.6) is 5.88 Å². The molecule has 2 aromatic rings. The number of hydrogen-bond donors (Lipinski definition) is 3. The van der Waals surface area contributed by atoms with Crippen LogP contribution >= 0.6 is 12.2 Å². The van der Waals surface area contributed by atoms with Crippen molar-refractivity contribution in [2.45, 2.75) is 0 Å². The first-order valence-corrected chi connectivity index (χ1v) is 5.83. The molecule has 0 fully saturated rings. The number of aromatic hydroxyl groups is 1. The van der Waals surface area contributed by atoms with Crippen molar-refractivity contribution in [1.82, 2.24) is 10.3 Å². The van der Waals surface area contributed by atoms with E-state index in [0.29, 0.717) is 17.4 Å². The van der Waals surface area contributed by atoms with Crippen LogP contribution in [-0.4, -0.2) is 21.7 Å². The number of rotatable bonds is 3. The van der Waals surface area contributed by atoms with Gasteiger partial charge in [-0.25, -0.2) is 4.39 Å². The molecule has 5 nitrogen and oxygen atoms in total. The molecule has 7 heteroatoms. The molecule has 1 heterocycles. The molecule has 98 valence electrons. The second-order valence-corrected chi connectivity index (χ2v) is 4.07. The maximum Gasteiger partial charge on any atom is 0.218 e. The molecule has 0 radical (unpaired) electrons. The fourth-order valence-corrected chi connectivity index (χ4v) is 1.65. The van der Waals surface area contributed by atoms with Crippen molar-refractivity contribution < 1.29 is 9.50 Å². The van der Waals surface area contributed by atoms with Gasteiger partial charge >= 0.3 is 0 Å². The third-order valence-electron chi connectivity index (χ3n) is 2.35. The summed E-state index contributed by atoms with van der Waals surface area (Å²) in [5.41, 5.74) is 0.718. The molecule has 0 spiro atoms. The van der Waals surface area contributed by atoms with Gasteiger partial charge in [-0.1, -0.05) is 6.08 Å². The van der Waals surface area contributed by atoms with Gasteiger partial charge in [0.15, 0.2) is 5.69 Å². The molecular weight excluding hydrogens is 267 g/mol. The Morgan fingerprint density at radius 1 is 1.58 bits per heavy atom. The van der Waals surface area contributed by atoms with E-state index in [4.69, 9.17) is 12.2 Å². The molecule has 0 amide bonds. The summed E-state index contributed by atoms with van der Waals surface area (Å²) < 4.78 is 13.2. The third kappa shape index (κ3) is 2.94. The number of hydrogen-bond acceptors (Lipinski definition) is 3. The second kappa shape index (κ2) is 5.57. The van der Waals surface area contributed by atoms with E-state index in [-0.39, 0.29) is 16.7 Å². The molecule has 0 bridgehead atoms. The first-order valence-electron chi connectivity index (χ1n) is 5.42. The first kappa shape index (κ1) is 13.2. The highest BCUT2D eigenvalue weighted by Gasteiger charge is 2.11. The Balaban J connectivity index is 2.31. The molecule has 19 heavy (non-hydrogen) atoms. The fourth-order valence-electron chi connectivity index (χ4n) is 1.53. The maximum atomic E-state index is 13.2. The zero-order chi connectivity index (χ0) is 13.8. The van der Waals surface area contributed by atoms with Crippen LogP contribution < -0.4 is 5.32 Å². The van der Waals surface area contributed by atoms with Gasteiger partial charge in [0, 0.05) is 11.9 Å². The molecule has 0 saturated heterocycles. The lowest BCUT2D eigenvalue weighted by Gasteiger charge is -1.97. The van der Waals surface area contributed by atoms with E-state index < -0.39 is 5.82 Å². The predicted octanol–water partition coefficient (Wildman–Crippen LogP) is 3.16. The number of aromatic amines is 1. The van der Waals surface area contributed by atoms with Gasteiger partial charge in [-0.2, -0.15) is 0 Å².